The summed E-state index contributed by atoms with van der Waals surface area (Å²) in [6.07, 6.45) is -7.47. The highest BCUT2D eigenvalue weighted by atomic mass is 19.4. The summed E-state index contributed by atoms with van der Waals surface area (Å²) in [5.41, 5.74) is 0. The van der Waals surface area contributed by atoms with Gasteiger partial charge < -0.3 is 9.84 Å². The Kier molecular flexibility index (Phi) is 2.51. The van der Waals surface area contributed by atoms with Crippen LogP contribution in [0.15, 0.2) is 0 Å². The van der Waals surface area contributed by atoms with Crippen molar-refractivity contribution in [3.8, 4) is 0 Å². The summed E-state index contributed by atoms with van der Waals surface area (Å²) in [5.74, 6) is -2.92. The van der Waals surface area contributed by atoms with Gasteiger partial charge in [0.1, 0.15) is 0 Å². The van der Waals surface area contributed by atoms with Crippen LogP contribution in [0.3, 0.4) is 0 Å². The van der Waals surface area contributed by atoms with Gasteiger partial charge in [-0.2, -0.15) is 13.2 Å². The summed E-state index contributed by atoms with van der Waals surface area (Å²) in [7, 11) is 0. The number of rotatable bonds is 1. The van der Waals surface area contributed by atoms with Gasteiger partial charge in [-0.3, -0.25) is 4.79 Å². The lowest BCUT2D eigenvalue weighted by Gasteiger charge is -2.18. The van der Waals surface area contributed by atoms with Crippen molar-refractivity contribution in [3.63, 3.8) is 0 Å². The standard InChI is InChI=1S/C7H9F3O3/c1-3-2-4(6(11)12)5(13-3)7(8,9)10/h3-5H,2H2,1H3,(H,11,12)/t3-,4+,5-/m1/s1. The van der Waals surface area contributed by atoms with Gasteiger partial charge in [-0.15, -0.1) is 0 Å². The molecule has 1 fully saturated rings. The highest BCUT2D eigenvalue weighted by molar-refractivity contribution is 5.71. The number of aliphatic carboxylic acids is 1. The van der Waals surface area contributed by atoms with Gasteiger partial charge >= 0.3 is 12.1 Å². The Labute approximate surface area is 72.5 Å². The van der Waals surface area contributed by atoms with Gasteiger partial charge in [0.05, 0.1) is 12.0 Å². The molecule has 76 valence electrons. The Morgan fingerprint density at radius 1 is 1.54 bits per heavy atom. The third-order valence-corrected chi connectivity index (χ3v) is 1.97. The largest absolute Gasteiger partial charge is 0.481 e. The molecule has 1 aliphatic heterocycles. The van der Waals surface area contributed by atoms with Crippen molar-refractivity contribution >= 4 is 5.97 Å². The normalized spacial score (nSPS) is 34.9. The summed E-state index contributed by atoms with van der Waals surface area (Å²) in [6.45, 7) is 1.43. The van der Waals surface area contributed by atoms with E-state index in [2.05, 4.69) is 4.74 Å². The molecule has 0 amide bonds. The molecule has 6 heteroatoms. The van der Waals surface area contributed by atoms with Crippen molar-refractivity contribution in [1.82, 2.24) is 0 Å². The van der Waals surface area contributed by atoms with Crippen LogP contribution < -0.4 is 0 Å². The third-order valence-electron chi connectivity index (χ3n) is 1.97. The van der Waals surface area contributed by atoms with Crippen LogP contribution in [0.25, 0.3) is 0 Å². The molecule has 0 bridgehead atoms. The molecule has 0 aliphatic carbocycles. The Morgan fingerprint density at radius 3 is 2.38 bits per heavy atom. The molecule has 1 aliphatic rings. The van der Waals surface area contributed by atoms with Crippen LogP contribution >= 0.6 is 0 Å². The zero-order valence-corrected chi connectivity index (χ0v) is 6.84. The van der Waals surface area contributed by atoms with E-state index in [1.807, 2.05) is 0 Å². The molecule has 0 unspecified atom stereocenters. The maximum Gasteiger partial charge on any atom is 0.415 e. The van der Waals surface area contributed by atoms with E-state index >= 15 is 0 Å². The van der Waals surface area contributed by atoms with Crippen molar-refractivity contribution in [1.29, 1.82) is 0 Å². The molecule has 3 atom stereocenters. The van der Waals surface area contributed by atoms with E-state index in [0.717, 1.165) is 0 Å². The molecule has 0 aromatic rings. The number of carboxylic acid groups (broad SMARTS) is 1. The van der Waals surface area contributed by atoms with E-state index in [9.17, 15) is 18.0 Å². The summed E-state index contributed by atoms with van der Waals surface area (Å²) >= 11 is 0. The van der Waals surface area contributed by atoms with Crippen LogP contribution in [0.1, 0.15) is 13.3 Å². The van der Waals surface area contributed by atoms with Crippen molar-refractivity contribution in [3.05, 3.63) is 0 Å². The van der Waals surface area contributed by atoms with Gasteiger partial charge in [0, 0.05) is 0 Å². The number of hydrogen-bond acceptors (Lipinski definition) is 2. The molecule has 1 N–H and O–H groups in total. The average Bonchev–Trinajstić information content (AvgIpc) is 2.29. The molecule has 0 radical (unpaired) electrons. The first kappa shape index (κ1) is 10.3. The van der Waals surface area contributed by atoms with Crippen molar-refractivity contribution in [2.75, 3.05) is 0 Å². The van der Waals surface area contributed by atoms with E-state index in [4.69, 9.17) is 5.11 Å². The smallest absolute Gasteiger partial charge is 0.415 e. The van der Waals surface area contributed by atoms with Gasteiger partial charge in [0.25, 0.3) is 0 Å². The van der Waals surface area contributed by atoms with Gasteiger partial charge in [-0.1, -0.05) is 0 Å². The number of alkyl halides is 3. The fourth-order valence-corrected chi connectivity index (χ4v) is 1.42. The molecule has 0 aromatic carbocycles. The molecule has 0 spiro atoms. The Morgan fingerprint density at radius 2 is 2.08 bits per heavy atom. The van der Waals surface area contributed by atoms with Gasteiger partial charge in [0.2, 0.25) is 0 Å². The maximum absolute atomic E-state index is 12.2. The van der Waals surface area contributed by atoms with Gasteiger partial charge in [-0.25, -0.2) is 0 Å². The van der Waals surface area contributed by atoms with Crippen molar-refractivity contribution in [2.45, 2.75) is 31.7 Å². The molecule has 0 aromatic heterocycles. The molecular weight excluding hydrogens is 189 g/mol. The topological polar surface area (TPSA) is 46.5 Å². The number of carbonyl (C=O) groups is 1. The summed E-state index contributed by atoms with van der Waals surface area (Å²) < 4.78 is 41.0. The number of halogens is 3. The van der Waals surface area contributed by atoms with Crippen molar-refractivity contribution < 1.29 is 27.8 Å². The third kappa shape index (κ3) is 2.12. The Balaban J connectivity index is 2.78. The predicted molar refractivity (Wildman–Crippen MR) is 36.1 cm³/mol. The van der Waals surface area contributed by atoms with E-state index in [-0.39, 0.29) is 6.42 Å². The first-order valence-electron chi connectivity index (χ1n) is 3.77. The van der Waals surface area contributed by atoms with Crippen molar-refractivity contribution in [2.24, 2.45) is 5.92 Å². The zero-order valence-electron chi connectivity index (χ0n) is 6.84. The fraction of sp³-hybridized carbons (Fsp3) is 0.857. The molecule has 1 rings (SSSR count). The Bertz CT molecular complexity index is 214. The van der Waals surface area contributed by atoms with Crippen LogP contribution in [0, 0.1) is 5.92 Å². The average molecular weight is 198 g/mol. The lowest BCUT2D eigenvalue weighted by molar-refractivity contribution is -0.225. The first-order valence-corrected chi connectivity index (χ1v) is 3.77. The first-order chi connectivity index (χ1) is 5.82. The number of ether oxygens (including phenoxy) is 1. The van der Waals surface area contributed by atoms with Crippen LogP contribution in [-0.4, -0.2) is 29.5 Å². The van der Waals surface area contributed by atoms with E-state index < -0.39 is 30.3 Å². The molecular formula is C7H9F3O3. The van der Waals surface area contributed by atoms with E-state index in [1.54, 1.807) is 0 Å². The highest BCUT2D eigenvalue weighted by Crippen LogP contribution is 2.37. The van der Waals surface area contributed by atoms with Crippen LogP contribution in [0.5, 0.6) is 0 Å². The quantitative estimate of drug-likeness (QED) is 0.693. The minimum absolute atomic E-state index is 0.0838. The van der Waals surface area contributed by atoms with Crippen LogP contribution in [0.4, 0.5) is 13.2 Å². The van der Waals surface area contributed by atoms with Gasteiger partial charge in [-0.05, 0) is 13.3 Å². The zero-order chi connectivity index (χ0) is 10.2. The molecule has 3 nitrogen and oxygen atoms in total. The highest BCUT2D eigenvalue weighted by Gasteiger charge is 2.53. The van der Waals surface area contributed by atoms with Crippen LogP contribution in [-0.2, 0) is 9.53 Å². The second-order valence-electron chi connectivity index (χ2n) is 3.09. The number of hydrogen-bond donors (Lipinski definition) is 1. The number of carboxylic acids is 1. The van der Waals surface area contributed by atoms with Gasteiger partial charge in [0.15, 0.2) is 6.10 Å². The van der Waals surface area contributed by atoms with Crippen LogP contribution in [0.2, 0.25) is 0 Å². The molecule has 0 saturated carbocycles. The summed E-state index contributed by atoms with van der Waals surface area (Å²) in [6, 6.07) is 0. The molecule has 1 heterocycles. The Hall–Kier alpha value is -0.780. The fourth-order valence-electron chi connectivity index (χ4n) is 1.42. The summed E-state index contributed by atoms with van der Waals surface area (Å²) in [4.78, 5) is 10.4. The predicted octanol–water partition coefficient (Wildman–Crippen LogP) is 1.43. The summed E-state index contributed by atoms with van der Waals surface area (Å²) in [5, 5.41) is 8.48. The lowest BCUT2D eigenvalue weighted by Crippen LogP contribution is -2.37. The molecule has 1 saturated heterocycles. The molecule has 13 heavy (non-hydrogen) atoms. The minimum Gasteiger partial charge on any atom is -0.481 e. The minimum atomic E-state index is -4.59. The monoisotopic (exact) mass is 198 g/mol. The van der Waals surface area contributed by atoms with E-state index in [0.29, 0.717) is 0 Å². The second kappa shape index (κ2) is 3.17. The second-order valence-corrected chi connectivity index (χ2v) is 3.09. The van der Waals surface area contributed by atoms with E-state index in [1.165, 1.54) is 6.92 Å². The SMILES string of the molecule is C[C@@H]1C[C@H](C(=O)O)[C@H](C(F)(F)F)O1. The lowest BCUT2D eigenvalue weighted by atomic mass is 10.00. The maximum atomic E-state index is 12.2.